The normalized spacial score (nSPS) is 16.5. The largest absolute Gasteiger partial charge is 0.326 e. The number of fused-ring (bicyclic) bond motifs is 1. The lowest BCUT2D eigenvalue weighted by Gasteiger charge is -2.31. The molecule has 0 radical (unpaired) electrons. The summed E-state index contributed by atoms with van der Waals surface area (Å²) in [5.74, 6) is 0.870. The number of nitrogens with one attached hydrogen (secondary N) is 2. The van der Waals surface area contributed by atoms with Crippen LogP contribution in [0, 0.1) is 13.8 Å². The number of anilines is 2. The van der Waals surface area contributed by atoms with Crippen molar-refractivity contribution in [3.8, 4) is 0 Å². The Bertz CT molecular complexity index is 805. The molecule has 0 saturated carbocycles. The van der Waals surface area contributed by atoms with Gasteiger partial charge >= 0.3 is 6.03 Å². The van der Waals surface area contributed by atoms with Crippen molar-refractivity contribution in [1.29, 1.82) is 0 Å². The molecule has 24 heavy (non-hydrogen) atoms. The van der Waals surface area contributed by atoms with Gasteiger partial charge in [-0.3, -0.25) is 10.1 Å². The number of carbonyl (C=O) groups excluding carboxylic acids is 2. The van der Waals surface area contributed by atoms with Crippen molar-refractivity contribution in [3.05, 3.63) is 47.4 Å². The average Bonchev–Trinajstić information content (AvgIpc) is 2.56. The lowest BCUT2D eigenvalue weighted by atomic mass is 9.98. The van der Waals surface area contributed by atoms with E-state index < -0.39 is 12.1 Å². The molecule has 2 heterocycles. The fraction of sp³-hybridized carbons (Fsp3) is 0.294. The van der Waals surface area contributed by atoms with Gasteiger partial charge in [-0.25, -0.2) is 14.8 Å². The van der Waals surface area contributed by atoms with Crippen LogP contribution in [0.5, 0.6) is 0 Å². The molecule has 0 aliphatic carbocycles. The van der Waals surface area contributed by atoms with Gasteiger partial charge in [0.1, 0.15) is 17.7 Å². The number of hydrogen-bond donors (Lipinski definition) is 2. The second-order valence-corrected chi connectivity index (χ2v) is 5.83. The summed E-state index contributed by atoms with van der Waals surface area (Å²) in [5, 5.41) is 5.42. The lowest BCUT2D eigenvalue weighted by Crippen LogP contribution is -2.52. The smallest absolute Gasteiger partial charge is 0.321 e. The van der Waals surface area contributed by atoms with Gasteiger partial charge in [0.2, 0.25) is 5.91 Å². The molecule has 0 fully saturated rings. The van der Waals surface area contributed by atoms with Crippen LogP contribution in [0.1, 0.15) is 17.0 Å². The van der Waals surface area contributed by atoms with Crippen LogP contribution >= 0.6 is 0 Å². The van der Waals surface area contributed by atoms with Gasteiger partial charge in [-0.15, -0.1) is 0 Å². The highest BCUT2D eigenvalue weighted by Crippen LogP contribution is 2.26. The van der Waals surface area contributed by atoms with Crippen LogP contribution in [0.15, 0.2) is 30.5 Å². The van der Waals surface area contributed by atoms with Crippen LogP contribution < -0.4 is 15.5 Å². The Morgan fingerprint density at radius 3 is 2.83 bits per heavy atom. The van der Waals surface area contributed by atoms with Crippen LogP contribution in [0.3, 0.4) is 0 Å². The monoisotopic (exact) mass is 325 g/mol. The van der Waals surface area contributed by atoms with Gasteiger partial charge in [0, 0.05) is 30.9 Å². The Morgan fingerprint density at radius 2 is 2.04 bits per heavy atom. The summed E-state index contributed by atoms with van der Waals surface area (Å²) < 4.78 is 0. The quantitative estimate of drug-likeness (QED) is 0.881. The highest BCUT2D eigenvalue weighted by atomic mass is 16.2. The molecule has 7 heteroatoms. The van der Waals surface area contributed by atoms with E-state index in [0.717, 1.165) is 16.8 Å². The molecule has 2 aromatic rings. The number of rotatable bonds is 2. The number of nitrogens with zero attached hydrogens (tertiary/aromatic N) is 3. The Balaban J connectivity index is 1.73. The van der Waals surface area contributed by atoms with Crippen molar-refractivity contribution >= 4 is 23.4 Å². The van der Waals surface area contributed by atoms with Crippen molar-refractivity contribution in [3.63, 3.8) is 0 Å². The molecule has 1 aliphatic rings. The molecule has 1 atom stereocenters. The van der Waals surface area contributed by atoms with Crippen LogP contribution in [-0.4, -0.2) is 35.0 Å². The number of amides is 3. The van der Waals surface area contributed by atoms with E-state index in [1.165, 1.54) is 0 Å². The number of likely N-dealkylation sites (N-methyl/N-ethyl adjacent to an activating group) is 1. The zero-order valence-corrected chi connectivity index (χ0v) is 13.8. The standard InChI is InChI=1S/C17H19N5O2/c1-10-9-18-11(2)19-15(10)21-17(24)20-13-8-12-6-4-5-7-14(12)22(3)16(13)23/h4-7,9,13H,8H2,1-3H3,(H2,18,19,20,21,24). The van der Waals surface area contributed by atoms with E-state index in [1.807, 2.05) is 31.2 Å². The summed E-state index contributed by atoms with van der Waals surface area (Å²) in [6.07, 6.45) is 2.11. The topological polar surface area (TPSA) is 87.2 Å². The Labute approximate surface area is 140 Å². The van der Waals surface area contributed by atoms with E-state index in [1.54, 1.807) is 25.1 Å². The Hall–Kier alpha value is -2.96. The molecule has 0 bridgehead atoms. The second kappa shape index (κ2) is 6.27. The zero-order valence-electron chi connectivity index (χ0n) is 13.8. The zero-order chi connectivity index (χ0) is 17.3. The maximum absolute atomic E-state index is 12.5. The van der Waals surface area contributed by atoms with Gasteiger partial charge in [-0.1, -0.05) is 18.2 Å². The number of carbonyl (C=O) groups is 2. The van der Waals surface area contributed by atoms with Gasteiger partial charge in [-0.05, 0) is 25.5 Å². The second-order valence-electron chi connectivity index (χ2n) is 5.83. The van der Waals surface area contributed by atoms with Gasteiger partial charge in [0.15, 0.2) is 0 Å². The van der Waals surface area contributed by atoms with Crippen molar-refractivity contribution in [2.75, 3.05) is 17.3 Å². The molecule has 3 amide bonds. The summed E-state index contributed by atoms with van der Waals surface area (Å²) in [4.78, 5) is 34.5. The molecule has 7 nitrogen and oxygen atoms in total. The van der Waals surface area contributed by atoms with Crippen molar-refractivity contribution < 1.29 is 9.59 Å². The van der Waals surface area contributed by atoms with Gasteiger partial charge < -0.3 is 10.2 Å². The minimum atomic E-state index is -0.604. The SMILES string of the molecule is Cc1ncc(C)c(NC(=O)NC2Cc3ccccc3N(C)C2=O)n1. The van der Waals surface area contributed by atoms with E-state index in [9.17, 15) is 9.59 Å². The van der Waals surface area contributed by atoms with E-state index in [0.29, 0.717) is 18.1 Å². The first-order valence-corrected chi connectivity index (χ1v) is 7.69. The first-order valence-electron chi connectivity index (χ1n) is 7.69. The van der Waals surface area contributed by atoms with Crippen LogP contribution in [-0.2, 0) is 11.2 Å². The first-order chi connectivity index (χ1) is 11.5. The van der Waals surface area contributed by atoms with Crippen molar-refractivity contribution in [1.82, 2.24) is 15.3 Å². The summed E-state index contributed by atoms with van der Waals surface area (Å²) in [6, 6.07) is 6.62. The Morgan fingerprint density at radius 1 is 1.29 bits per heavy atom. The van der Waals surface area contributed by atoms with Crippen LogP contribution in [0.25, 0.3) is 0 Å². The van der Waals surface area contributed by atoms with Gasteiger partial charge in [0.05, 0.1) is 0 Å². The fourth-order valence-electron chi connectivity index (χ4n) is 2.74. The summed E-state index contributed by atoms with van der Waals surface area (Å²) in [7, 11) is 1.71. The molecule has 1 aromatic carbocycles. The predicted molar refractivity (Wildman–Crippen MR) is 91.0 cm³/mol. The molecule has 1 unspecified atom stereocenters. The number of urea groups is 1. The van der Waals surface area contributed by atoms with E-state index in [4.69, 9.17) is 0 Å². The number of hydrogen-bond acceptors (Lipinski definition) is 4. The summed E-state index contributed by atoms with van der Waals surface area (Å²) in [5.41, 5.74) is 2.66. The van der Waals surface area contributed by atoms with Gasteiger partial charge in [0.25, 0.3) is 0 Å². The lowest BCUT2D eigenvalue weighted by molar-refractivity contribution is -0.120. The summed E-state index contributed by atoms with van der Waals surface area (Å²) >= 11 is 0. The van der Waals surface area contributed by atoms with E-state index >= 15 is 0 Å². The van der Waals surface area contributed by atoms with E-state index in [2.05, 4.69) is 20.6 Å². The third kappa shape index (κ3) is 3.05. The molecular formula is C17H19N5O2. The third-order valence-corrected chi connectivity index (χ3v) is 4.04. The molecule has 0 spiro atoms. The predicted octanol–water partition coefficient (Wildman–Crippen LogP) is 1.80. The molecule has 2 N–H and O–H groups in total. The molecule has 1 aliphatic heterocycles. The van der Waals surface area contributed by atoms with E-state index in [-0.39, 0.29) is 5.91 Å². The highest BCUT2D eigenvalue weighted by molar-refractivity contribution is 6.02. The number of benzene rings is 1. The molecule has 0 saturated heterocycles. The number of aromatic nitrogens is 2. The fourth-order valence-corrected chi connectivity index (χ4v) is 2.74. The Kier molecular flexibility index (Phi) is 4.16. The minimum Gasteiger partial charge on any atom is -0.326 e. The molecule has 1 aromatic heterocycles. The number of aryl methyl sites for hydroxylation is 2. The minimum absolute atomic E-state index is 0.139. The molecule has 124 valence electrons. The van der Waals surface area contributed by atoms with Crippen molar-refractivity contribution in [2.45, 2.75) is 26.3 Å². The first kappa shape index (κ1) is 15.9. The van der Waals surface area contributed by atoms with Crippen LogP contribution in [0.4, 0.5) is 16.3 Å². The van der Waals surface area contributed by atoms with Crippen molar-refractivity contribution in [2.24, 2.45) is 0 Å². The number of para-hydroxylation sites is 1. The molecule has 3 rings (SSSR count). The maximum Gasteiger partial charge on any atom is 0.321 e. The summed E-state index contributed by atoms with van der Waals surface area (Å²) in [6.45, 7) is 3.56. The van der Waals surface area contributed by atoms with Gasteiger partial charge in [-0.2, -0.15) is 0 Å². The highest BCUT2D eigenvalue weighted by Gasteiger charge is 2.31. The average molecular weight is 325 g/mol. The van der Waals surface area contributed by atoms with Crippen LogP contribution in [0.2, 0.25) is 0 Å². The molecular weight excluding hydrogens is 306 g/mol. The maximum atomic E-state index is 12.5. The third-order valence-electron chi connectivity index (χ3n) is 4.04.